The lowest BCUT2D eigenvalue weighted by atomic mass is 10.1. The van der Waals surface area contributed by atoms with Crippen molar-refractivity contribution in [3.63, 3.8) is 0 Å². The van der Waals surface area contributed by atoms with E-state index in [9.17, 15) is 27.6 Å². The largest absolute Gasteiger partial charge is 0.444 e. The highest BCUT2D eigenvalue weighted by Crippen LogP contribution is 2.22. The monoisotopic (exact) mass is 580 g/mol. The van der Waals surface area contributed by atoms with E-state index in [4.69, 9.17) is 4.74 Å². The van der Waals surface area contributed by atoms with E-state index < -0.39 is 40.6 Å². The number of benzene rings is 2. The van der Waals surface area contributed by atoms with Crippen molar-refractivity contribution >= 4 is 12.0 Å². The molecule has 42 heavy (non-hydrogen) atoms. The summed E-state index contributed by atoms with van der Waals surface area (Å²) in [5.41, 5.74) is 0.452. The number of halogens is 3. The molecule has 2 aromatic heterocycles. The van der Waals surface area contributed by atoms with Crippen molar-refractivity contribution in [2.75, 3.05) is 13.1 Å². The Bertz CT molecular complexity index is 1650. The molecule has 2 amide bonds. The third kappa shape index (κ3) is 7.77. The van der Waals surface area contributed by atoms with Crippen LogP contribution >= 0.6 is 0 Å². The van der Waals surface area contributed by atoms with Crippen molar-refractivity contribution < 1.29 is 27.5 Å². The number of alkyl carbamates (subject to hydrolysis) is 1. The van der Waals surface area contributed by atoms with Gasteiger partial charge in [0.25, 0.3) is 11.5 Å². The predicted octanol–water partition coefficient (Wildman–Crippen LogP) is 4.09. The quantitative estimate of drug-likeness (QED) is 0.237. The van der Waals surface area contributed by atoms with Crippen molar-refractivity contribution in [1.82, 2.24) is 30.4 Å². The molecule has 0 aliphatic rings. The standard InChI is InChI=1S/C29H27F3N6O4/c1-29(2,3)42-28(41)34-10-9-33-27(40)20-14-35-26(36-15-20)18-6-4-5-17(11-18)16-38-24(39)8-7-23(37-38)19-12-21(30)25(32)22(31)13-19/h4-8,11-15H,9-10,16H2,1-3H3,(H,33,40)(H,34,41). The molecule has 0 fully saturated rings. The molecular formula is C29H27F3N6O4. The molecule has 2 aromatic carbocycles. The molecule has 0 aliphatic heterocycles. The summed E-state index contributed by atoms with van der Waals surface area (Å²) < 4.78 is 47.0. The topological polar surface area (TPSA) is 128 Å². The summed E-state index contributed by atoms with van der Waals surface area (Å²) in [4.78, 5) is 45.0. The normalized spacial score (nSPS) is 11.2. The maximum absolute atomic E-state index is 13.7. The van der Waals surface area contributed by atoms with Gasteiger partial charge in [-0.1, -0.05) is 18.2 Å². The highest BCUT2D eigenvalue weighted by atomic mass is 19.2. The SMILES string of the molecule is CC(C)(C)OC(=O)NCCNC(=O)c1cnc(-c2cccc(Cn3nc(-c4cc(F)c(F)c(F)c4)ccc3=O)c2)nc1. The van der Waals surface area contributed by atoms with Crippen LogP contribution in [0.5, 0.6) is 0 Å². The van der Waals surface area contributed by atoms with Gasteiger partial charge in [-0.05, 0) is 50.6 Å². The van der Waals surface area contributed by atoms with Gasteiger partial charge in [0.1, 0.15) is 5.60 Å². The van der Waals surface area contributed by atoms with E-state index >= 15 is 0 Å². The number of carbonyl (C=O) groups is 2. The number of amides is 2. The second-order valence-corrected chi connectivity index (χ2v) is 10.1. The molecule has 10 nitrogen and oxygen atoms in total. The Morgan fingerprint density at radius 2 is 1.57 bits per heavy atom. The molecule has 0 aliphatic carbocycles. The summed E-state index contributed by atoms with van der Waals surface area (Å²) in [7, 11) is 0. The van der Waals surface area contributed by atoms with Gasteiger partial charge in [0.05, 0.1) is 17.8 Å². The molecule has 0 radical (unpaired) electrons. The third-order valence-corrected chi connectivity index (χ3v) is 5.66. The fourth-order valence-corrected chi connectivity index (χ4v) is 3.75. The zero-order chi connectivity index (χ0) is 30.4. The average molecular weight is 581 g/mol. The fourth-order valence-electron chi connectivity index (χ4n) is 3.75. The van der Waals surface area contributed by atoms with E-state index in [1.165, 1.54) is 24.5 Å². The van der Waals surface area contributed by atoms with Gasteiger partial charge in [0.15, 0.2) is 23.3 Å². The Labute approximate surface area is 238 Å². The van der Waals surface area contributed by atoms with E-state index in [0.29, 0.717) is 17.0 Å². The van der Waals surface area contributed by atoms with E-state index in [0.717, 1.165) is 16.8 Å². The van der Waals surface area contributed by atoms with Crippen LogP contribution in [0.15, 0.2) is 65.7 Å². The highest BCUT2D eigenvalue weighted by Gasteiger charge is 2.16. The molecule has 0 bridgehead atoms. The highest BCUT2D eigenvalue weighted by molar-refractivity contribution is 5.93. The lowest BCUT2D eigenvalue weighted by Crippen LogP contribution is -2.37. The number of ether oxygens (including phenoxy) is 1. The molecule has 2 N–H and O–H groups in total. The van der Waals surface area contributed by atoms with Crippen molar-refractivity contribution in [2.24, 2.45) is 0 Å². The minimum absolute atomic E-state index is 0.0183. The van der Waals surface area contributed by atoms with Crippen LogP contribution in [-0.4, -0.2) is 50.4 Å². The van der Waals surface area contributed by atoms with Crippen LogP contribution < -0.4 is 16.2 Å². The summed E-state index contributed by atoms with van der Waals surface area (Å²) >= 11 is 0. The molecule has 0 unspecified atom stereocenters. The van der Waals surface area contributed by atoms with Crippen molar-refractivity contribution in [3.8, 4) is 22.6 Å². The van der Waals surface area contributed by atoms with Gasteiger partial charge in [-0.15, -0.1) is 0 Å². The predicted molar refractivity (Wildman–Crippen MR) is 147 cm³/mol. The van der Waals surface area contributed by atoms with Crippen LogP contribution in [-0.2, 0) is 11.3 Å². The first-order valence-electron chi connectivity index (χ1n) is 12.8. The number of aromatic nitrogens is 4. The Balaban J connectivity index is 1.41. The number of carbonyl (C=O) groups excluding carboxylic acids is 2. The van der Waals surface area contributed by atoms with Crippen LogP contribution in [0.3, 0.4) is 0 Å². The molecular weight excluding hydrogens is 553 g/mol. The Morgan fingerprint density at radius 1 is 0.905 bits per heavy atom. The molecule has 2 heterocycles. The molecule has 0 saturated carbocycles. The number of rotatable bonds is 8. The zero-order valence-corrected chi connectivity index (χ0v) is 23.0. The first kappa shape index (κ1) is 29.9. The van der Waals surface area contributed by atoms with E-state index in [-0.39, 0.29) is 36.5 Å². The van der Waals surface area contributed by atoms with Crippen molar-refractivity contribution in [3.05, 3.63) is 99.9 Å². The minimum atomic E-state index is -1.59. The Kier molecular flexibility index (Phi) is 8.99. The van der Waals surface area contributed by atoms with E-state index in [1.807, 2.05) is 0 Å². The Hall–Kier alpha value is -5.07. The number of hydrogen-bond donors (Lipinski definition) is 2. The second-order valence-electron chi connectivity index (χ2n) is 10.1. The molecule has 0 spiro atoms. The molecule has 0 atom stereocenters. The van der Waals surface area contributed by atoms with E-state index in [2.05, 4.69) is 25.7 Å². The van der Waals surface area contributed by atoms with Crippen molar-refractivity contribution in [1.29, 1.82) is 0 Å². The molecule has 4 aromatic rings. The Morgan fingerprint density at radius 3 is 2.24 bits per heavy atom. The van der Waals surface area contributed by atoms with Crippen LogP contribution in [0, 0.1) is 17.5 Å². The van der Waals surface area contributed by atoms with Crippen LogP contribution in [0.4, 0.5) is 18.0 Å². The third-order valence-electron chi connectivity index (χ3n) is 5.66. The lowest BCUT2D eigenvalue weighted by Gasteiger charge is -2.19. The molecule has 218 valence electrons. The van der Waals surface area contributed by atoms with Gasteiger partial charge in [-0.3, -0.25) is 9.59 Å². The molecule has 0 saturated heterocycles. The zero-order valence-electron chi connectivity index (χ0n) is 23.0. The van der Waals surface area contributed by atoms with Crippen LogP contribution in [0.25, 0.3) is 22.6 Å². The van der Waals surface area contributed by atoms with Crippen LogP contribution in [0.1, 0.15) is 36.7 Å². The molecule has 4 rings (SSSR count). The lowest BCUT2D eigenvalue weighted by molar-refractivity contribution is 0.0526. The summed E-state index contributed by atoms with van der Waals surface area (Å²) in [5, 5.41) is 9.38. The van der Waals surface area contributed by atoms with Gasteiger partial charge >= 0.3 is 6.09 Å². The van der Waals surface area contributed by atoms with Gasteiger partial charge in [-0.2, -0.15) is 5.10 Å². The fraction of sp³-hybridized carbons (Fsp3) is 0.241. The first-order valence-corrected chi connectivity index (χ1v) is 12.8. The summed E-state index contributed by atoms with van der Waals surface area (Å²) in [5.74, 6) is -4.42. The maximum Gasteiger partial charge on any atom is 0.407 e. The van der Waals surface area contributed by atoms with Gasteiger partial charge < -0.3 is 15.4 Å². The van der Waals surface area contributed by atoms with E-state index in [1.54, 1.807) is 45.0 Å². The molecule has 13 heteroatoms. The second kappa shape index (κ2) is 12.6. The summed E-state index contributed by atoms with van der Waals surface area (Å²) in [6.45, 7) is 5.60. The van der Waals surface area contributed by atoms with Crippen LogP contribution in [0.2, 0.25) is 0 Å². The number of nitrogens with zero attached hydrogens (tertiary/aromatic N) is 4. The first-order chi connectivity index (χ1) is 19.9. The maximum atomic E-state index is 13.7. The van der Waals surface area contributed by atoms with Gasteiger partial charge in [0.2, 0.25) is 0 Å². The van der Waals surface area contributed by atoms with Crippen molar-refractivity contribution in [2.45, 2.75) is 32.9 Å². The van der Waals surface area contributed by atoms with Gasteiger partial charge in [0, 0.05) is 42.7 Å². The smallest absolute Gasteiger partial charge is 0.407 e. The summed E-state index contributed by atoms with van der Waals surface area (Å²) in [6.07, 6.45) is 2.14. The minimum Gasteiger partial charge on any atom is -0.444 e. The number of nitrogens with one attached hydrogen (secondary N) is 2. The van der Waals surface area contributed by atoms with Gasteiger partial charge in [-0.25, -0.2) is 32.6 Å². The summed E-state index contributed by atoms with van der Waals surface area (Å²) in [6, 6.07) is 11.1. The number of hydrogen-bond acceptors (Lipinski definition) is 7. The average Bonchev–Trinajstić information content (AvgIpc) is 2.94.